The van der Waals surface area contributed by atoms with Crippen molar-refractivity contribution in [1.29, 1.82) is 0 Å². The van der Waals surface area contributed by atoms with Gasteiger partial charge in [0.05, 0.1) is 12.7 Å². The molecule has 3 atom stereocenters. The Morgan fingerprint density at radius 1 is 0.400 bits per heavy atom. The Kier molecular flexibility index (Phi) is 14.0. The van der Waals surface area contributed by atoms with Crippen molar-refractivity contribution in [3.8, 4) is 0 Å². The van der Waals surface area contributed by atoms with Crippen molar-refractivity contribution in [1.82, 2.24) is 0 Å². The van der Waals surface area contributed by atoms with E-state index in [0.29, 0.717) is 12.8 Å². The van der Waals surface area contributed by atoms with Crippen LogP contribution < -0.4 is 0 Å². The largest absolute Gasteiger partial charge is 0.394 e. The molecule has 0 aliphatic rings. The summed E-state index contributed by atoms with van der Waals surface area (Å²) in [5, 5.41) is 41.1. The fourth-order valence-electron chi connectivity index (χ4n) is 8.13. The Labute approximate surface area is 337 Å². The number of aliphatic hydroxyl groups is 4. The number of aliphatic hydroxyl groups excluding tert-OH is 4. The molecule has 0 fully saturated rings. The molecule has 0 aliphatic carbocycles. The lowest BCUT2D eigenvalue weighted by Crippen LogP contribution is -2.40. The van der Waals surface area contributed by atoms with Crippen LogP contribution in [0.4, 0.5) is 0 Å². The zero-order chi connectivity index (χ0) is 42.3. The standard InChI is InChI=1S/C51H80O4/c1-45(2,3)33-22-25-36(39(29-33)48(10,11)12)51(28-20-19-21-42(53)44(55)43(54)32-52,37-26-23-34(46(4,5)6)30-40(37)49(13,14)15)38-27-24-35(47(7,8)9)31-41(38)50(16,17)18/h22-27,29-31,42-44,52-55H,19-21,28,32H2,1-18H3/t42?,43-,44+/m1/s1. The summed E-state index contributed by atoms with van der Waals surface area (Å²) < 4.78 is 0. The fraction of sp³-hybridized carbons (Fsp3) is 0.647. The highest BCUT2D eigenvalue weighted by atomic mass is 16.4. The van der Waals surface area contributed by atoms with Crippen LogP contribution in [0, 0.1) is 0 Å². The third kappa shape index (κ3) is 10.7. The molecule has 308 valence electrons. The molecule has 55 heavy (non-hydrogen) atoms. The molecule has 3 aromatic carbocycles. The van der Waals surface area contributed by atoms with Gasteiger partial charge in [-0.25, -0.2) is 0 Å². The molecule has 4 nitrogen and oxygen atoms in total. The molecule has 0 saturated carbocycles. The second kappa shape index (κ2) is 16.4. The Hall–Kier alpha value is -2.50. The highest BCUT2D eigenvalue weighted by Crippen LogP contribution is 2.53. The molecule has 0 aliphatic heterocycles. The maximum atomic E-state index is 11.0. The summed E-state index contributed by atoms with van der Waals surface area (Å²) in [7, 11) is 0. The maximum absolute atomic E-state index is 11.0. The molecule has 1 unspecified atom stereocenters. The predicted octanol–water partition coefficient (Wildman–Crippen LogP) is 11.4. The quantitative estimate of drug-likeness (QED) is 0.116. The smallest absolute Gasteiger partial charge is 0.108 e. The molecular formula is C51H80O4. The highest BCUT2D eigenvalue weighted by molar-refractivity contribution is 5.62. The maximum Gasteiger partial charge on any atom is 0.108 e. The molecule has 0 amide bonds. The van der Waals surface area contributed by atoms with Gasteiger partial charge in [-0.05, 0) is 95.4 Å². The molecule has 0 bridgehead atoms. The highest BCUT2D eigenvalue weighted by Gasteiger charge is 2.45. The molecule has 4 heteroatoms. The number of unbranched alkanes of at least 4 members (excludes halogenated alkanes) is 1. The van der Waals surface area contributed by atoms with Crippen molar-refractivity contribution in [2.24, 2.45) is 0 Å². The molecule has 4 N–H and O–H groups in total. The minimum Gasteiger partial charge on any atom is -0.394 e. The Morgan fingerprint density at radius 3 is 0.964 bits per heavy atom. The summed E-state index contributed by atoms with van der Waals surface area (Å²) in [6.07, 6.45) is -1.43. The van der Waals surface area contributed by atoms with E-state index in [1.165, 1.54) is 50.1 Å². The average molecular weight is 757 g/mol. The zero-order valence-electron chi connectivity index (χ0n) is 38.3. The second-order valence-corrected chi connectivity index (χ2v) is 22.7. The van der Waals surface area contributed by atoms with Gasteiger partial charge < -0.3 is 20.4 Å². The van der Waals surface area contributed by atoms with Gasteiger partial charge in [0.1, 0.15) is 12.2 Å². The summed E-state index contributed by atoms with van der Waals surface area (Å²) in [6.45, 7) is 41.1. The van der Waals surface area contributed by atoms with Crippen LogP contribution in [0.3, 0.4) is 0 Å². The summed E-state index contributed by atoms with van der Waals surface area (Å²) in [4.78, 5) is 0. The first kappa shape index (κ1) is 46.9. The fourth-order valence-corrected chi connectivity index (χ4v) is 8.13. The van der Waals surface area contributed by atoms with Crippen molar-refractivity contribution >= 4 is 0 Å². The minimum absolute atomic E-state index is 0.0346. The zero-order valence-corrected chi connectivity index (χ0v) is 38.3. The van der Waals surface area contributed by atoms with E-state index < -0.39 is 30.3 Å². The topological polar surface area (TPSA) is 80.9 Å². The predicted molar refractivity (Wildman–Crippen MR) is 235 cm³/mol. The van der Waals surface area contributed by atoms with Gasteiger partial charge in [-0.1, -0.05) is 192 Å². The molecule has 0 aromatic heterocycles. The van der Waals surface area contributed by atoms with E-state index in [4.69, 9.17) is 0 Å². The third-order valence-electron chi connectivity index (χ3n) is 11.7. The van der Waals surface area contributed by atoms with E-state index in [2.05, 4.69) is 179 Å². The molecular weight excluding hydrogens is 677 g/mol. The van der Waals surface area contributed by atoms with Gasteiger partial charge in [-0.2, -0.15) is 0 Å². The van der Waals surface area contributed by atoms with Crippen LogP contribution in [0.15, 0.2) is 54.6 Å². The number of benzene rings is 3. The van der Waals surface area contributed by atoms with Crippen molar-refractivity contribution in [2.45, 2.75) is 207 Å². The van der Waals surface area contributed by atoms with Gasteiger partial charge in [0, 0.05) is 5.41 Å². The second-order valence-electron chi connectivity index (χ2n) is 22.7. The molecule has 0 radical (unpaired) electrons. The molecule has 0 heterocycles. The molecule has 0 spiro atoms. The first-order chi connectivity index (χ1) is 24.8. The van der Waals surface area contributed by atoms with Crippen molar-refractivity contribution < 1.29 is 20.4 Å². The Morgan fingerprint density at radius 2 is 0.709 bits per heavy atom. The lowest BCUT2D eigenvalue weighted by atomic mass is 9.57. The SMILES string of the molecule is CC(C)(C)c1ccc(C(CCCCC(O)[C@H](O)[C@H](O)CO)(c2ccc(C(C)(C)C)cc2C(C)(C)C)c2ccc(C(C)(C)C)cc2C(C)(C)C)c(C(C)(C)C)c1. The first-order valence-electron chi connectivity index (χ1n) is 20.9. The number of hydrogen-bond donors (Lipinski definition) is 4. The van der Waals surface area contributed by atoms with Crippen molar-refractivity contribution in [3.63, 3.8) is 0 Å². The van der Waals surface area contributed by atoms with Gasteiger partial charge in [-0.3, -0.25) is 0 Å². The van der Waals surface area contributed by atoms with Crippen LogP contribution in [0.5, 0.6) is 0 Å². The van der Waals surface area contributed by atoms with Gasteiger partial charge >= 0.3 is 0 Å². The van der Waals surface area contributed by atoms with E-state index in [-0.39, 0.29) is 32.5 Å². The van der Waals surface area contributed by atoms with Crippen LogP contribution in [-0.2, 0) is 37.9 Å². The van der Waals surface area contributed by atoms with Crippen LogP contribution in [0.1, 0.15) is 200 Å². The third-order valence-corrected chi connectivity index (χ3v) is 11.7. The monoisotopic (exact) mass is 757 g/mol. The Bertz CT molecular complexity index is 1560. The van der Waals surface area contributed by atoms with Crippen LogP contribution >= 0.6 is 0 Å². The van der Waals surface area contributed by atoms with E-state index in [1.54, 1.807) is 0 Å². The summed E-state index contributed by atoms with van der Waals surface area (Å²) in [6, 6.07) is 21.8. The van der Waals surface area contributed by atoms with E-state index in [1.807, 2.05) is 0 Å². The average Bonchev–Trinajstić information content (AvgIpc) is 3.04. The lowest BCUT2D eigenvalue weighted by Gasteiger charge is -2.46. The minimum atomic E-state index is -1.40. The summed E-state index contributed by atoms with van der Waals surface area (Å²) in [5.74, 6) is 0. The summed E-state index contributed by atoms with van der Waals surface area (Å²) >= 11 is 0. The summed E-state index contributed by atoms with van der Waals surface area (Å²) in [5.41, 5.74) is 10.6. The van der Waals surface area contributed by atoms with Crippen LogP contribution in [0.2, 0.25) is 0 Å². The van der Waals surface area contributed by atoms with E-state index >= 15 is 0 Å². The van der Waals surface area contributed by atoms with Crippen LogP contribution in [0.25, 0.3) is 0 Å². The molecule has 3 aromatic rings. The number of hydrogen-bond acceptors (Lipinski definition) is 4. The van der Waals surface area contributed by atoms with E-state index in [0.717, 1.165) is 12.8 Å². The van der Waals surface area contributed by atoms with Crippen molar-refractivity contribution in [2.75, 3.05) is 6.61 Å². The first-order valence-corrected chi connectivity index (χ1v) is 20.9. The lowest BCUT2D eigenvalue weighted by molar-refractivity contribution is -0.0787. The van der Waals surface area contributed by atoms with Crippen molar-refractivity contribution in [3.05, 3.63) is 105 Å². The van der Waals surface area contributed by atoms with Gasteiger partial charge in [0.2, 0.25) is 0 Å². The molecule has 0 saturated heterocycles. The van der Waals surface area contributed by atoms with Gasteiger partial charge in [0.15, 0.2) is 0 Å². The van der Waals surface area contributed by atoms with Gasteiger partial charge in [0.25, 0.3) is 0 Å². The van der Waals surface area contributed by atoms with E-state index in [9.17, 15) is 20.4 Å². The van der Waals surface area contributed by atoms with Crippen LogP contribution in [-0.4, -0.2) is 45.3 Å². The Balaban J connectivity index is 2.68. The normalized spacial score (nSPS) is 15.6. The van der Waals surface area contributed by atoms with Gasteiger partial charge in [-0.15, -0.1) is 0 Å². The molecule has 3 rings (SSSR count). The number of rotatable bonds is 11.